The van der Waals surface area contributed by atoms with Crippen LogP contribution in [-0.4, -0.2) is 73.2 Å². The van der Waals surface area contributed by atoms with Gasteiger partial charge in [-0.15, -0.1) is 0 Å². The summed E-state index contributed by atoms with van der Waals surface area (Å²) >= 11 is 0. The Bertz CT molecular complexity index is 1310. The molecule has 43 heavy (non-hydrogen) atoms. The van der Waals surface area contributed by atoms with E-state index in [1.807, 2.05) is 58.9 Å². The number of nitrogens with one attached hydrogen (secondary N) is 2. The van der Waals surface area contributed by atoms with Crippen LogP contribution >= 0.6 is 0 Å². The number of likely N-dealkylation sites (N-methyl/N-ethyl adjacent to an activating group) is 4. The average molecular weight is 589 g/mol. The van der Waals surface area contributed by atoms with Crippen LogP contribution in [0.25, 0.3) is 0 Å². The highest BCUT2D eigenvalue weighted by Gasteiger charge is 2.57. The SMILES string of the molecule is CCNC(=O)[C@@H](CC(C)C)N(C)C(=O)[C@@H]1C2c3ccccc3C(c3ccccc32)[C@@H]1C(=O)N(C)[C@@H](CC(C)C)C(=O)NC. The molecule has 2 bridgehead atoms. The van der Waals surface area contributed by atoms with Crippen molar-refractivity contribution in [3.05, 3.63) is 70.8 Å². The van der Waals surface area contributed by atoms with Gasteiger partial charge in [0.25, 0.3) is 0 Å². The van der Waals surface area contributed by atoms with Crippen molar-refractivity contribution < 1.29 is 19.2 Å². The molecule has 0 aliphatic heterocycles. The van der Waals surface area contributed by atoms with Gasteiger partial charge in [-0.25, -0.2) is 0 Å². The van der Waals surface area contributed by atoms with E-state index in [4.69, 9.17) is 0 Å². The molecule has 0 unspecified atom stereocenters. The first kappa shape index (κ1) is 32.2. The second-order valence-corrected chi connectivity index (χ2v) is 13.0. The van der Waals surface area contributed by atoms with Crippen molar-refractivity contribution in [3.8, 4) is 0 Å². The Labute approximate surface area is 256 Å². The van der Waals surface area contributed by atoms with Crippen LogP contribution in [0.3, 0.4) is 0 Å². The summed E-state index contributed by atoms with van der Waals surface area (Å²) in [4.78, 5) is 59.0. The van der Waals surface area contributed by atoms with E-state index < -0.39 is 23.9 Å². The minimum absolute atomic E-state index is 0.180. The van der Waals surface area contributed by atoms with Gasteiger partial charge in [0.15, 0.2) is 0 Å². The van der Waals surface area contributed by atoms with Crippen molar-refractivity contribution in [1.82, 2.24) is 20.4 Å². The van der Waals surface area contributed by atoms with Gasteiger partial charge in [0.2, 0.25) is 23.6 Å². The first-order valence-corrected chi connectivity index (χ1v) is 15.6. The number of amides is 4. The Balaban J connectivity index is 1.88. The fourth-order valence-electron chi connectivity index (χ4n) is 7.28. The van der Waals surface area contributed by atoms with E-state index in [0.717, 1.165) is 22.3 Å². The van der Waals surface area contributed by atoms with Gasteiger partial charge >= 0.3 is 0 Å². The van der Waals surface area contributed by atoms with Crippen LogP contribution in [-0.2, 0) is 19.2 Å². The Morgan fingerprint density at radius 2 is 1.02 bits per heavy atom. The second kappa shape index (κ2) is 13.3. The lowest BCUT2D eigenvalue weighted by molar-refractivity contribution is -0.153. The third-order valence-corrected chi connectivity index (χ3v) is 9.23. The molecule has 4 amide bonds. The van der Waals surface area contributed by atoms with Gasteiger partial charge in [-0.1, -0.05) is 76.2 Å². The van der Waals surface area contributed by atoms with Gasteiger partial charge in [-0.2, -0.15) is 0 Å². The predicted molar refractivity (Wildman–Crippen MR) is 168 cm³/mol. The number of carbonyl (C=O) groups excluding carboxylic acids is 4. The number of benzene rings is 2. The molecular formula is C35H48N4O4. The van der Waals surface area contributed by atoms with E-state index in [-0.39, 0.29) is 47.3 Å². The summed E-state index contributed by atoms with van der Waals surface area (Å²) < 4.78 is 0. The highest BCUT2D eigenvalue weighted by Crippen LogP contribution is 2.59. The summed E-state index contributed by atoms with van der Waals surface area (Å²) in [6.07, 6.45) is 1.01. The summed E-state index contributed by atoms with van der Waals surface area (Å²) in [7, 11) is 4.97. The maximum absolute atomic E-state index is 14.8. The lowest BCUT2D eigenvalue weighted by Gasteiger charge is -2.51. The van der Waals surface area contributed by atoms with Gasteiger partial charge in [0, 0.05) is 39.5 Å². The van der Waals surface area contributed by atoms with Crippen LogP contribution in [0.5, 0.6) is 0 Å². The van der Waals surface area contributed by atoms with Gasteiger partial charge in [0.05, 0.1) is 11.8 Å². The zero-order valence-corrected chi connectivity index (χ0v) is 26.9. The molecule has 2 aromatic rings. The zero-order valence-electron chi connectivity index (χ0n) is 26.9. The molecule has 8 nitrogen and oxygen atoms in total. The van der Waals surface area contributed by atoms with Crippen LogP contribution in [0.2, 0.25) is 0 Å². The monoisotopic (exact) mass is 588 g/mol. The van der Waals surface area contributed by atoms with E-state index in [0.29, 0.717) is 19.4 Å². The summed E-state index contributed by atoms with van der Waals surface area (Å²) in [5.41, 5.74) is 4.20. The van der Waals surface area contributed by atoms with Crippen molar-refractivity contribution in [2.45, 2.75) is 71.4 Å². The van der Waals surface area contributed by atoms with Gasteiger partial charge < -0.3 is 20.4 Å². The molecule has 2 N–H and O–H groups in total. The smallest absolute Gasteiger partial charge is 0.242 e. The molecule has 0 radical (unpaired) electrons. The number of rotatable bonds is 11. The van der Waals surface area contributed by atoms with Crippen LogP contribution in [0.1, 0.15) is 81.5 Å². The maximum Gasteiger partial charge on any atom is 0.242 e. The Morgan fingerprint density at radius 3 is 1.33 bits per heavy atom. The first-order valence-electron chi connectivity index (χ1n) is 15.6. The fraction of sp³-hybridized carbons (Fsp3) is 0.543. The number of hydrogen-bond donors (Lipinski definition) is 2. The maximum atomic E-state index is 14.8. The quantitative estimate of drug-likeness (QED) is 0.412. The van der Waals surface area contributed by atoms with Crippen LogP contribution < -0.4 is 10.6 Å². The summed E-state index contributed by atoms with van der Waals surface area (Å²) in [5, 5.41) is 5.64. The molecule has 0 saturated heterocycles. The van der Waals surface area contributed by atoms with Crippen molar-refractivity contribution in [2.24, 2.45) is 23.7 Å². The Hall–Kier alpha value is -3.68. The molecule has 0 aromatic heterocycles. The highest BCUT2D eigenvalue weighted by atomic mass is 16.2. The molecule has 5 rings (SSSR count). The molecule has 232 valence electrons. The second-order valence-electron chi connectivity index (χ2n) is 13.0. The number of carbonyl (C=O) groups is 4. The van der Waals surface area contributed by atoms with Crippen LogP contribution in [0.4, 0.5) is 0 Å². The topological polar surface area (TPSA) is 98.8 Å². The molecule has 4 atom stereocenters. The molecule has 3 aliphatic rings. The predicted octanol–water partition coefficient (Wildman–Crippen LogP) is 4.14. The minimum Gasteiger partial charge on any atom is -0.357 e. The normalized spacial score (nSPS) is 21.4. The number of nitrogens with zero attached hydrogens (tertiary/aromatic N) is 2. The summed E-state index contributed by atoms with van der Waals surface area (Å²) in [5.74, 6) is -2.67. The lowest BCUT2D eigenvalue weighted by Crippen LogP contribution is -2.58. The molecule has 2 aromatic carbocycles. The first-order chi connectivity index (χ1) is 20.4. The standard InChI is InChI=1S/C35H48N4O4/c1-9-37-33(41)27(19-21(4)5)39(8)35(43)31-29-24-16-12-10-14-22(24)28(23-15-11-13-17-25(23)29)30(31)34(42)38(7)26(18-20(2)3)32(40)36-6/h10-17,20-21,26-31H,9,18-19H2,1-8H3,(H,36,40)(H,37,41)/t26-,27+,28?,29?,30-,31+/m0/s1. The highest BCUT2D eigenvalue weighted by molar-refractivity contribution is 5.96. The molecular weight excluding hydrogens is 540 g/mol. The lowest BCUT2D eigenvalue weighted by atomic mass is 9.53. The molecule has 8 heteroatoms. The molecule has 0 saturated carbocycles. The van der Waals surface area contributed by atoms with Crippen molar-refractivity contribution >= 4 is 23.6 Å². The third-order valence-electron chi connectivity index (χ3n) is 9.23. The number of hydrogen-bond acceptors (Lipinski definition) is 4. The van der Waals surface area contributed by atoms with E-state index >= 15 is 0 Å². The minimum atomic E-state index is -0.733. The van der Waals surface area contributed by atoms with E-state index in [9.17, 15) is 19.2 Å². The van der Waals surface area contributed by atoms with Crippen LogP contribution in [0, 0.1) is 23.7 Å². The third kappa shape index (κ3) is 6.06. The fourth-order valence-corrected chi connectivity index (χ4v) is 7.28. The largest absolute Gasteiger partial charge is 0.357 e. The van der Waals surface area contributed by atoms with Crippen molar-refractivity contribution in [3.63, 3.8) is 0 Å². The average Bonchev–Trinajstić information content (AvgIpc) is 3.00. The summed E-state index contributed by atoms with van der Waals surface area (Å²) in [6, 6.07) is 14.9. The van der Waals surface area contributed by atoms with Crippen molar-refractivity contribution in [1.29, 1.82) is 0 Å². The number of fused-ring (bicyclic) bond motifs is 1. The van der Waals surface area contributed by atoms with E-state index in [1.54, 1.807) is 30.9 Å². The van der Waals surface area contributed by atoms with E-state index in [1.165, 1.54) is 0 Å². The molecule has 0 heterocycles. The van der Waals surface area contributed by atoms with Gasteiger partial charge in [-0.05, 0) is 53.9 Å². The molecule has 3 aliphatic carbocycles. The molecule has 0 spiro atoms. The van der Waals surface area contributed by atoms with Crippen LogP contribution in [0.15, 0.2) is 48.5 Å². The Morgan fingerprint density at radius 1 is 0.674 bits per heavy atom. The zero-order chi connectivity index (χ0) is 31.6. The van der Waals surface area contributed by atoms with Gasteiger partial charge in [0.1, 0.15) is 12.1 Å². The summed E-state index contributed by atoms with van der Waals surface area (Å²) in [6.45, 7) is 10.5. The Kier molecular flexibility index (Phi) is 9.98. The van der Waals surface area contributed by atoms with Gasteiger partial charge in [-0.3, -0.25) is 19.2 Å². The van der Waals surface area contributed by atoms with E-state index in [2.05, 4.69) is 34.9 Å². The molecule has 0 fully saturated rings. The van der Waals surface area contributed by atoms with Crippen molar-refractivity contribution in [2.75, 3.05) is 27.7 Å².